The summed E-state index contributed by atoms with van der Waals surface area (Å²) in [6.07, 6.45) is 4.37. The molecule has 4 nitrogen and oxygen atoms in total. The van der Waals surface area contributed by atoms with E-state index in [1.165, 1.54) is 12.8 Å². The normalized spacial score (nSPS) is 18.5. The molecular weight excluding hydrogens is 284 g/mol. The van der Waals surface area contributed by atoms with Crippen LogP contribution in [0, 0.1) is 0 Å². The molecule has 0 saturated carbocycles. The maximum absolute atomic E-state index is 11.1. The number of aromatic carboxylic acids is 1. The number of aromatic nitrogens is 1. The van der Waals surface area contributed by atoms with Crippen LogP contribution in [0.3, 0.4) is 0 Å². The highest BCUT2D eigenvalue weighted by molar-refractivity contribution is 9.10. The molecule has 17 heavy (non-hydrogen) atoms. The zero-order valence-corrected chi connectivity index (χ0v) is 11.5. The monoisotopic (exact) mass is 300 g/mol. The lowest BCUT2D eigenvalue weighted by molar-refractivity contribution is 0.0681. The van der Waals surface area contributed by atoms with Gasteiger partial charge in [-0.2, -0.15) is 0 Å². The number of hydrogen-bond donors (Lipinski definition) is 1. The van der Waals surface area contributed by atoms with Gasteiger partial charge in [-0.05, 0) is 54.9 Å². The minimum absolute atomic E-state index is 0.186. The number of halogens is 1. The number of hydrogen-bond acceptors (Lipinski definition) is 2. The summed E-state index contributed by atoms with van der Waals surface area (Å²) in [4.78, 5) is 13.5. The minimum atomic E-state index is -0.871. The summed E-state index contributed by atoms with van der Waals surface area (Å²) in [6.45, 7) is 5.25. The van der Waals surface area contributed by atoms with Crippen LogP contribution < -0.4 is 0 Å². The molecule has 1 N–H and O–H groups in total. The molecule has 0 aromatic carbocycles. The fourth-order valence-corrected chi connectivity index (χ4v) is 2.85. The first-order valence-corrected chi connectivity index (χ1v) is 6.70. The number of rotatable bonds is 4. The van der Waals surface area contributed by atoms with Crippen LogP contribution >= 0.6 is 15.9 Å². The first-order valence-electron chi connectivity index (χ1n) is 5.91. The second-order valence-corrected chi connectivity index (χ2v) is 5.53. The lowest BCUT2D eigenvalue weighted by Crippen LogP contribution is -2.28. The summed E-state index contributed by atoms with van der Waals surface area (Å²) in [7, 11) is 0. The second-order valence-electron chi connectivity index (χ2n) is 4.61. The fourth-order valence-electron chi connectivity index (χ4n) is 2.41. The molecule has 0 aliphatic carbocycles. The van der Waals surface area contributed by atoms with Crippen LogP contribution in [0.2, 0.25) is 0 Å². The van der Waals surface area contributed by atoms with Crippen LogP contribution in [0.4, 0.5) is 0 Å². The van der Waals surface area contributed by atoms with Crippen LogP contribution in [0.25, 0.3) is 0 Å². The van der Waals surface area contributed by atoms with E-state index in [2.05, 4.69) is 27.8 Å². The Balaban J connectivity index is 2.11. The van der Waals surface area contributed by atoms with Crippen molar-refractivity contribution >= 4 is 21.9 Å². The maximum Gasteiger partial charge on any atom is 0.352 e. The molecule has 0 spiro atoms. The van der Waals surface area contributed by atoms with E-state index >= 15 is 0 Å². The molecule has 2 rings (SSSR count). The highest BCUT2D eigenvalue weighted by Crippen LogP contribution is 2.21. The van der Waals surface area contributed by atoms with E-state index in [1.807, 2.05) is 10.8 Å². The van der Waals surface area contributed by atoms with Crippen molar-refractivity contribution in [3.63, 3.8) is 0 Å². The van der Waals surface area contributed by atoms with Crippen LogP contribution in [-0.4, -0.2) is 40.2 Å². The molecule has 1 aliphatic heterocycles. The van der Waals surface area contributed by atoms with Crippen molar-refractivity contribution in [3.05, 3.63) is 22.4 Å². The lowest BCUT2D eigenvalue weighted by atomic mass is 10.3. The van der Waals surface area contributed by atoms with Crippen molar-refractivity contribution in [3.8, 4) is 0 Å². The van der Waals surface area contributed by atoms with Crippen LogP contribution in [0.15, 0.2) is 16.7 Å². The summed E-state index contributed by atoms with van der Waals surface area (Å²) in [5.74, 6) is -0.871. The molecule has 94 valence electrons. The van der Waals surface area contributed by atoms with E-state index in [1.54, 1.807) is 6.07 Å². The molecule has 0 amide bonds. The Hall–Kier alpha value is -0.810. The van der Waals surface area contributed by atoms with Crippen molar-refractivity contribution in [1.29, 1.82) is 0 Å². The van der Waals surface area contributed by atoms with Crippen molar-refractivity contribution in [2.45, 2.75) is 25.8 Å². The number of carboxylic acids is 1. The first kappa shape index (κ1) is 12.6. The van der Waals surface area contributed by atoms with E-state index in [0.29, 0.717) is 5.69 Å². The smallest absolute Gasteiger partial charge is 0.352 e. The molecule has 2 heterocycles. The topological polar surface area (TPSA) is 45.5 Å². The summed E-state index contributed by atoms with van der Waals surface area (Å²) in [5.41, 5.74) is 0.351. The Kier molecular flexibility index (Phi) is 3.89. The summed E-state index contributed by atoms with van der Waals surface area (Å²) in [5, 5.41) is 9.13. The highest BCUT2D eigenvalue weighted by Gasteiger charge is 2.19. The van der Waals surface area contributed by atoms with Gasteiger partial charge in [-0.15, -0.1) is 0 Å². The van der Waals surface area contributed by atoms with Crippen molar-refractivity contribution in [2.24, 2.45) is 0 Å². The second kappa shape index (κ2) is 5.23. The van der Waals surface area contributed by atoms with Gasteiger partial charge in [0.25, 0.3) is 0 Å². The van der Waals surface area contributed by atoms with Gasteiger partial charge in [0.2, 0.25) is 0 Å². The van der Waals surface area contributed by atoms with Gasteiger partial charge in [0.1, 0.15) is 5.69 Å². The van der Waals surface area contributed by atoms with E-state index in [9.17, 15) is 4.79 Å². The van der Waals surface area contributed by atoms with Gasteiger partial charge in [-0.3, -0.25) is 0 Å². The van der Waals surface area contributed by atoms with Crippen molar-refractivity contribution in [1.82, 2.24) is 9.47 Å². The number of likely N-dealkylation sites (tertiary alicyclic amines) is 1. The summed E-state index contributed by atoms with van der Waals surface area (Å²) < 4.78 is 2.66. The third-order valence-corrected chi connectivity index (χ3v) is 3.66. The molecule has 5 heteroatoms. The van der Waals surface area contributed by atoms with Crippen LogP contribution in [0.5, 0.6) is 0 Å². The number of carbonyl (C=O) groups is 1. The van der Waals surface area contributed by atoms with Gasteiger partial charge in [-0.1, -0.05) is 0 Å². The Labute approximate surface area is 109 Å². The molecule has 1 unspecified atom stereocenters. The average molecular weight is 301 g/mol. The highest BCUT2D eigenvalue weighted by atomic mass is 79.9. The predicted octanol–water partition coefficient (Wildman–Crippen LogP) is 2.61. The SMILES string of the molecule is CC(CN1CCCC1)n1cc(Br)cc1C(=O)O. The van der Waals surface area contributed by atoms with Crippen molar-refractivity contribution < 1.29 is 9.90 Å². The standard InChI is InChI=1S/C12H17BrN2O2/c1-9(7-14-4-2-3-5-14)15-8-10(13)6-11(15)12(16)17/h6,8-9H,2-5,7H2,1H3,(H,16,17). The van der Waals surface area contributed by atoms with E-state index < -0.39 is 5.97 Å². The fraction of sp³-hybridized carbons (Fsp3) is 0.583. The summed E-state index contributed by atoms with van der Waals surface area (Å²) in [6, 6.07) is 1.84. The summed E-state index contributed by atoms with van der Waals surface area (Å²) >= 11 is 3.33. The largest absolute Gasteiger partial charge is 0.477 e. The quantitative estimate of drug-likeness (QED) is 0.930. The van der Waals surface area contributed by atoms with Gasteiger partial charge in [0, 0.05) is 23.3 Å². The van der Waals surface area contributed by atoms with Crippen LogP contribution in [0.1, 0.15) is 36.3 Å². The average Bonchev–Trinajstić information content (AvgIpc) is 2.86. The zero-order chi connectivity index (χ0) is 12.4. The molecule has 0 bridgehead atoms. The molecule has 1 aliphatic rings. The maximum atomic E-state index is 11.1. The van der Waals surface area contributed by atoms with Gasteiger partial charge < -0.3 is 14.6 Å². The molecule has 1 saturated heterocycles. The molecule has 1 aromatic heterocycles. The first-order chi connectivity index (χ1) is 8.08. The zero-order valence-electron chi connectivity index (χ0n) is 9.90. The molecule has 1 aromatic rings. The Morgan fingerprint density at radius 3 is 2.76 bits per heavy atom. The van der Waals surface area contributed by atoms with Gasteiger partial charge >= 0.3 is 5.97 Å². The Morgan fingerprint density at radius 1 is 1.53 bits per heavy atom. The molecule has 1 fully saturated rings. The van der Waals surface area contributed by atoms with E-state index in [0.717, 1.165) is 24.1 Å². The number of nitrogens with zero attached hydrogens (tertiary/aromatic N) is 2. The Morgan fingerprint density at radius 2 is 2.18 bits per heavy atom. The molecule has 0 radical (unpaired) electrons. The Bertz CT molecular complexity index is 411. The van der Waals surface area contributed by atoms with Crippen LogP contribution in [-0.2, 0) is 0 Å². The molecule has 1 atom stereocenters. The van der Waals surface area contributed by atoms with Crippen molar-refractivity contribution in [2.75, 3.05) is 19.6 Å². The minimum Gasteiger partial charge on any atom is -0.477 e. The predicted molar refractivity (Wildman–Crippen MR) is 69.5 cm³/mol. The van der Waals surface area contributed by atoms with Gasteiger partial charge in [0.05, 0.1) is 0 Å². The van der Waals surface area contributed by atoms with E-state index in [-0.39, 0.29) is 6.04 Å². The number of carboxylic acid groups (broad SMARTS) is 1. The third-order valence-electron chi connectivity index (χ3n) is 3.23. The lowest BCUT2D eigenvalue weighted by Gasteiger charge is -2.22. The third kappa shape index (κ3) is 2.90. The van der Waals surface area contributed by atoms with E-state index in [4.69, 9.17) is 5.11 Å². The molecular formula is C12H17BrN2O2. The van der Waals surface area contributed by atoms with Gasteiger partial charge in [-0.25, -0.2) is 4.79 Å². The van der Waals surface area contributed by atoms with Gasteiger partial charge in [0.15, 0.2) is 0 Å².